The zero-order valence-electron chi connectivity index (χ0n) is 20.2. The van der Waals surface area contributed by atoms with Crippen LogP contribution in [0.25, 0.3) is 11.3 Å². The van der Waals surface area contributed by atoms with Gasteiger partial charge in [0.15, 0.2) is 0 Å². The van der Waals surface area contributed by atoms with E-state index in [4.69, 9.17) is 9.47 Å². The number of hydrogen-bond donors (Lipinski definition) is 1. The molecule has 1 N–H and O–H groups in total. The standard InChI is InChI=1S/C25H34N4O3/c1-8-20-12-21(28-16-27-20)18-9-10-22(19(11-18)14-26)31-15-25(7,13-17(2)3)29-23(30)32-24(4,5)6/h9-12,16-17H,8,13,15H2,1-7H3,(H,29,30)/t25-/m0/s1. The fourth-order valence-electron chi connectivity index (χ4n) is 3.49. The number of carbonyl (C=O) groups is 1. The van der Waals surface area contributed by atoms with Gasteiger partial charge in [-0.15, -0.1) is 0 Å². The Hall–Kier alpha value is -3.14. The van der Waals surface area contributed by atoms with E-state index in [9.17, 15) is 10.1 Å². The van der Waals surface area contributed by atoms with Crippen LogP contribution in [0.5, 0.6) is 5.75 Å². The van der Waals surface area contributed by atoms with Gasteiger partial charge in [0.2, 0.25) is 0 Å². The molecule has 172 valence electrons. The summed E-state index contributed by atoms with van der Waals surface area (Å²) in [5, 5.41) is 12.6. The minimum atomic E-state index is -0.662. The molecule has 0 saturated heterocycles. The van der Waals surface area contributed by atoms with Crippen molar-refractivity contribution in [3.8, 4) is 23.1 Å². The molecule has 1 aromatic heterocycles. The van der Waals surface area contributed by atoms with Gasteiger partial charge in [-0.05, 0) is 70.7 Å². The number of alkyl carbamates (subject to hydrolysis) is 1. The van der Waals surface area contributed by atoms with E-state index in [1.807, 2.05) is 46.8 Å². The van der Waals surface area contributed by atoms with Crippen LogP contribution >= 0.6 is 0 Å². The third kappa shape index (κ3) is 7.52. The molecule has 0 aliphatic heterocycles. The van der Waals surface area contributed by atoms with Crippen molar-refractivity contribution in [1.29, 1.82) is 5.26 Å². The third-order valence-electron chi connectivity index (χ3n) is 4.69. The lowest BCUT2D eigenvalue weighted by molar-refractivity contribution is 0.0408. The van der Waals surface area contributed by atoms with Crippen LogP contribution in [0.3, 0.4) is 0 Å². The van der Waals surface area contributed by atoms with E-state index in [-0.39, 0.29) is 6.61 Å². The Kier molecular flexibility index (Phi) is 8.20. The smallest absolute Gasteiger partial charge is 0.408 e. The van der Waals surface area contributed by atoms with Gasteiger partial charge in [0, 0.05) is 11.3 Å². The van der Waals surface area contributed by atoms with Crippen molar-refractivity contribution < 1.29 is 14.3 Å². The molecule has 1 atom stereocenters. The molecule has 7 nitrogen and oxygen atoms in total. The van der Waals surface area contributed by atoms with E-state index in [0.717, 1.165) is 23.4 Å². The third-order valence-corrected chi connectivity index (χ3v) is 4.69. The lowest BCUT2D eigenvalue weighted by Gasteiger charge is -2.33. The average Bonchev–Trinajstić information content (AvgIpc) is 2.70. The van der Waals surface area contributed by atoms with Gasteiger partial charge >= 0.3 is 6.09 Å². The Morgan fingerprint density at radius 3 is 2.50 bits per heavy atom. The molecule has 32 heavy (non-hydrogen) atoms. The predicted molar refractivity (Wildman–Crippen MR) is 124 cm³/mol. The molecule has 0 fully saturated rings. The normalized spacial score (nSPS) is 13.2. The van der Waals surface area contributed by atoms with Gasteiger partial charge in [-0.25, -0.2) is 14.8 Å². The summed E-state index contributed by atoms with van der Waals surface area (Å²) in [6.45, 7) is 13.8. The highest BCUT2D eigenvalue weighted by molar-refractivity contribution is 5.69. The number of ether oxygens (including phenoxy) is 2. The van der Waals surface area contributed by atoms with Gasteiger partial charge in [0.05, 0.1) is 16.8 Å². The van der Waals surface area contributed by atoms with Crippen LogP contribution < -0.4 is 10.1 Å². The highest BCUT2D eigenvalue weighted by Crippen LogP contribution is 2.27. The number of rotatable bonds is 8. The Morgan fingerprint density at radius 1 is 1.19 bits per heavy atom. The van der Waals surface area contributed by atoms with E-state index in [2.05, 4.69) is 35.2 Å². The molecule has 0 aliphatic rings. The molecular formula is C25H34N4O3. The predicted octanol–water partition coefficient (Wildman–Crippen LogP) is 5.29. The SMILES string of the molecule is CCc1cc(-c2ccc(OC[C@](C)(CC(C)C)NC(=O)OC(C)(C)C)c(C#N)c2)ncn1. The topological polar surface area (TPSA) is 97.1 Å². The molecule has 1 heterocycles. The quantitative estimate of drug-likeness (QED) is 0.602. The number of nitrogens with one attached hydrogen (secondary N) is 1. The van der Waals surface area contributed by atoms with Crippen molar-refractivity contribution in [1.82, 2.24) is 15.3 Å². The summed E-state index contributed by atoms with van der Waals surface area (Å²) >= 11 is 0. The Labute approximate surface area is 191 Å². The van der Waals surface area contributed by atoms with Crippen molar-refractivity contribution in [3.05, 3.63) is 41.9 Å². The number of aromatic nitrogens is 2. The molecule has 0 saturated carbocycles. The maximum atomic E-state index is 12.4. The van der Waals surface area contributed by atoms with E-state index >= 15 is 0 Å². The van der Waals surface area contributed by atoms with Gasteiger partial charge in [-0.2, -0.15) is 5.26 Å². The number of hydrogen-bond acceptors (Lipinski definition) is 6. The molecule has 1 amide bonds. The van der Waals surface area contributed by atoms with E-state index in [1.165, 1.54) is 6.33 Å². The average molecular weight is 439 g/mol. The summed E-state index contributed by atoms with van der Waals surface area (Å²) in [5.41, 5.74) is 1.67. The number of amides is 1. The monoisotopic (exact) mass is 438 g/mol. The van der Waals surface area contributed by atoms with Gasteiger partial charge < -0.3 is 14.8 Å². The number of carbonyl (C=O) groups excluding carboxylic acids is 1. The van der Waals surface area contributed by atoms with Crippen LogP contribution in [0.15, 0.2) is 30.6 Å². The van der Waals surface area contributed by atoms with E-state index in [0.29, 0.717) is 23.7 Å². The van der Waals surface area contributed by atoms with E-state index in [1.54, 1.807) is 12.1 Å². The number of benzene rings is 1. The van der Waals surface area contributed by atoms with Crippen LogP contribution in [0.1, 0.15) is 66.1 Å². The Balaban J connectivity index is 2.21. The highest BCUT2D eigenvalue weighted by atomic mass is 16.6. The molecule has 0 unspecified atom stereocenters. The van der Waals surface area contributed by atoms with Crippen LogP contribution in [0, 0.1) is 17.2 Å². The second-order valence-electron chi connectivity index (χ2n) is 9.65. The van der Waals surface area contributed by atoms with Gasteiger partial charge in [-0.1, -0.05) is 20.8 Å². The van der Waals surface area contributed by atoms with Crippen LogP contribution in [-0.2, 0) is 11.2 Å². The first-order valence-corrected chi connectivity index (χ1v) is 10.9. The minimum Gasteiger partial charge on any atom is -0.490 e. The van der Waals surface area contributed by atoms with E-state index < -0.39 is 17.2 Å². The molecule has 7 heteroatoms. The fraction of sp³-hybridized carbons (Fsp3) is 0.520. The number of nitrogens with zero attached hydrogens (tertiary/aromatic N) is 3. The van der Waals surface area contributed by atoms with Crippen molar-refractivity contribution in [2.75, 3.05) is 6.61 Å². The molecule has 0 radical (unpaired) electrons. The van der Waals surface area contributed by atoms with Gasteiger partial charge in [0.25, 0.3) is 0 Å². The van der Waals surface area contributed by atoms with Crippen molar-refractivity contribution >= 4 is 6.09 Å². The second kappa shape index (κ2) is 10.4. The van der Waals surface area contributed by atoms with Crippen LogP contribution in [-0.4, -0.2) is 33.8 Å². The first-order valence-electron chi connectivity index (χ1n) is 10.9. The zero-order valence-corrected chi connectivity index (χ0v) is 20.2. The molecule has 0 bridgehead atoms. The number of nitriles is 1. The molecule has 0 aliphatic carbocycles. The first-order chi connectivity index (χ1) is 14.9. The zero-order chi connectivity index (χ0) is 23.9. The summed E-state index contributed by atoms with van der Waals surface area (Å²) in [6, 6.07) is 9.53. The van der Waals surface area contributed by atoms with Crippen LogP contribution in [0.4, 0.5) is 4.79 Å². The summed E-state index contributed by atoms with van der Waals surface area (Å²) in [5.74, 6) is 0.781. The highest BCUT2D eigenvalue weighted by Gasteiger charge is 2.31. The number of aryl methyl sites for hydroxylation is 1. The largest absolute Gasteiger partial charge is 0.490 e. The lowest BCUT2D eigenvalue weighted by atomic mass is 9.91. The summed E-state index contributed by atoms with van der Waals surface area (Å²) in [6.07, 6.45) is 2.54. The first kappa shape index (κ1) is 25.1. The molecule has 2 aromatic rings. The fourth-order valence-corrected chi connectivity index (χ4v) is 3.49. The van der Waals surface area contributed by atoms with Crippen LogP contribution in [0.2, 0.25) is 0 Å². The molecule has 2 rings (SSSR count). The Morgan fingerprint density at radius 2 is 1.91 bits per heavy atom. The minimum absolute atomic E-state index is 0.200. The van der Waals surface area contributed by atoms with Crippen molar-refractivity contribution in [2.24, 2.45) is 5.92 Å². The summed E-state index contributed by atoms with van der Waals surface area (Å²) in [4.78, 5) is 20.9. The molecule has 1 aromatic carbocycles. The Bertz CT molecular complexity index is 976. The summed E-state index contributed by atoms with van der Waals surface area (Å²) < 4.78 is 11.5. The van der Waals surface area contributed by atoms with Gasteiger partial charge in [0.1, 0.15) is 30.4 Å². The summed E-state index contributed by atoms with van der Waals surface area (Å²) in [7, 11) is 0. The maximum absolute atomic E-state index is 12.4. The van der Waals surface area contributed by atoms with Gasteiger partial charge in [-0.3, -0.25) is 0 Å². The second-order valence-corrected chi connectivity index (χ2v) is 9.65. The van der Waals surface area contributed by atoms with Crippen molar-refractivity contribution in [3.63, 3.8) is 0 Å². The molecule has 0 spiro atoms. The molecular weight excluding hydrogens is 404 g/mol. The van der Waals surface area contributed by atoms with Crippen molar-refractivity contribution in [2.45, 2.75) is 72.4 Å². The maximum Gasteiger partial charge on any atom is 0.408 e. The lowest BCUT2D eigenvalue weighted by Crippen LogP contribution is -2.52.